The number of nitrogens with one attached hydrogen (secondary N) is 1. The molecule has 2 aromatic carbocycles. The van der Waals surface area contributed by atoms with Gasteiger partial charge in [-0.25, -0.2) is 14.8 Å². The van der Waals surface area contributed by atoms with Gasteiger partial charge in [-0.15, -0.1) is 0 Å². The number of non-ortho nitro benzene ring substituents is 1. The van der Waals surface area contributed by atoms with Crippen LogP contribution in [0.2, 0.25) is 5.02 Å². The number of nitro groups is 1. The molecule has 5 rings (SSSR count). The summed E-state index contributed by atoms with van der Waals surface area (Å²) in [6.45, 7) is 5.11. The lowest BCUT2D eigenvalue weighted by molar-refractivity contribution is -0.384. The molecule has 226 valence electrons. The number of esters is 1. The molecule has 1 aliphatic rings. The lowest BCUT2D eigenvalue weighted by Crippen LogP contribution is -2.40. The van der Waals surface area contributed by atoms with Gasteiger partial charge in [0.1, 0.15) is 11.8 Å². The molecule has 0 aliphatic carbocycles. The highest BCUT2D eigenvalue weighted by atomic mass is 35.5. The average Bonchev–Trinajstić information content (AvgIpc) is 3.26. The molecule has 0 unspecified atom stereocenters. The topological polar surface area (TPSA) is 159 Å². The fourth-order valence-corrected chi connectivity index (χ4v) is 6.84. The van der Waals surface area contributed by atoms with Crippen LogP contribution < -0.4 is 25.2 Å². The Balaban J connectivity index is 1.75. The van der Waals surface area contributed by atoms with Crippen LogP contribution in [0.1, 0.15) is 36.7 Å². The van der Waals surface area contributed by atoms with Crippen LogP contribution in [0.3, 0.4) is 0 Å². The summed E-state index contributed by atoms with van der Waals surface area (Å²) >= 11 is 8.50. The first-order chi connectivity index (χ1) is 21.0. The smallest absolute Gasteiger partial charge is 0.338 e. The number of nitrogens with zero attached hydrogens (tertiary/aromatic N) is 4. The predicted octanol–water partition coefficient (Wildman–Crippen LogP) is 3.91. The summed E-state index contributed by atoms with van der Waals surface area (Å²) in [7, 11) is 1.47. The van der Waals surface area contributed by atoms with Crippen LogP contribution in [0.5, 0.6) is 5.75 Å². The zero-order valence-corrected chi connectivity index (χ0v) is 26.1. The molecule has 1 atom stereocenters. The number of benzene rings is 2. The van der Waals surface area contributed by atoms with Gasteiger partial charge in [0.2, 0.25) is 0 Å². The van der Waals surface area contributed by atoms with Crippen molar-refractivity contribution >= 4 is 52.4 Å². The van der Waals surface area contributed by atoms with Crippen LogP contribution in [0.4, 0.5) is 5.69 Å². The van der Waals surface area contributed by atoms with Gasteiger partial charge in [-0.1, -0.05) is 34.7 Å². The number of nitro benzene ring substituents is 1. The van der Waals surface area contributed by atoms with Crippen LogP contribution >= 0.6 is 34.7 Å². The molecule has 2 aromatic heterocycles. The van der Waals surface area contributed by atoms with Crippen LogP contribution in [0.15, 0.2) is 78.4 Å². The molecule has 1 N–H and O–H groups in total. The number of thiazole rings is 1. The van der Waals surface area contributed by atoms with Crippen molar-refractivity contribution in [2.75, 3.05) is 13.7 Å². The Labute approximate surface area is 262 Å². The summed E-state index contributed by atoms with van der Waals surface area (Å²) in [6, 6.07) is 9.44. The molecule has 0 saturated carbocycles. The molecule has 0 amide bonds. The van der Waals surface area contributed by atoms with E-state index in [1.54, 1.807) is 39.0 Å². The van der Waals surface area contributed by atoms with Crippen molar-refractivity contribution < 1.29 is 19.2 Å². The third-order valence-electron chi connectivity index (χ3n) is 6.55. The lowest BCUT2D eigenvalue weighted by Gasteiger charge is -2.26. The minimum Gasteiger partial charge on any atom is -0.496 e. The molecule has 0 radical (unpaired) electrons. The van der Waals surface area contributed by atoms with Crippen molar-refractivity contribution in [3.8, 4) is 5.75 Å². The summed E-state index contributed by atoms with van der Waals surface area (Å²) in [5, 5.41) is 12.3. The minimum absolute atomic E-state index is 0.105. The second kappa shape index (κ2) is 12.6. The average molecular weight is 654 g/mol. The van der Waals surface area contributed by atoms with Gasteiger partial charge in [0.15, 0.2) is 9.96 Å². The van der Waals surface area contributed by atoms with Gasteiger partial charge < -0.3 is 14.5 Å². The lowest BCUT2D eigenvalue weighted by atomic mass is 9.95. The Kier molecular flexibility index (Phi) is 8.85. The summed E-state index contributed by atoms with van der Waals surface area (Å²) in [5.74, 6) is -0.255. The van der Waals surface area contributed by atoms with E-state index in [4.69, 9.17) is 21.1 Å². The van der Waals surface area contributed by atoms with Gasteiger partial charge in [-0.2, -0.15) is 0 Å². The van der Waals surface area contributed by atoms with Gasteiger partial charge in [0.25, 0.3) is 16.8 Å². The van der Waals surface area contributed by atoms with Gasteiger partial charge >= 0.3 is 5.97 Å². The summed E-state index contributed by atoms with van der Waals surface area (Å²) < 4.78 is 12.5. The van der Waals surface area contributed by atoms with Crippen molar-refractivity contribution in [1.29, 1.82) is 0 Å². The molecule has 4 aromatic rings. The van der Waals surface area contributed by atoms with Crippen LogP contribution in [-0.4, -0.2) is 39.1 Å². The number of hydrogen-bond acceptors (Lipinski definition) is 11. The van der Waals surface area contributed by atoms with Crippen molar-refractivity contribution in [2.24, 2.45) is 4.99 Å². The highest BCUT2D eigenvalue weighted by Crippen LogP contribution is 2.37. The van der Waals surface area contributed by atoms with E-state index in [1.165, 1.54) is 42.0 Å². The third kappa shape index (κ3) is 6.09. The molecule has 0 bridgehead atoms. The van der Waals surface area contributed by atoms with Gasteiger partial charge in [0.05, 0.1) is 34.4 Å². The first-order valence-corrected chi connectivity index (χ1v) is 15.1. The molecule has 12 nitrogen and oxygen atoms in total. The normalized spacial score (nSPS) is 14.7. The Bertz CT molecular complexity index is 2100. The number of H-pyrrole nitrogens is 1. The monoisotopic (exact) mass is 653 g/mol. The van der Waals surface area contributed by atoms with E-state index in [0.717, 1.165) is 23.1 Å². The van der Waals surface area contributed by atoms with E-state index >= 15 is 0 Å². The number of rotatable bonds is 8. The highest BCUT2D eigenvalue weighted by Gasteiger charge is 2.35. The Morgan fingerprint density at radius 3 is 2.68 bits per heavy atom. The number of carbonyl (C=O) groups is 1. The van der Waals surface area contributed by atoms with Crippen molar-refractivity contribution in [3.05, 3.63) is 116 Å². The Morgan fingerprint density at radius 1 is 1.23 bits per heavy atom. The first kappa shape index (κ1) is 30.9. The van der Waals surface area contributed by atoms with Crippen LogP contribution in [0.25, 0.3) is 6.08 Å². The largest absolute Gasteiger partial charge is 0.496 e. The van der Waals surface area contributed by atoms with Gasteiger partial charge in [-0.05, 0) is 56.7 Å². The van der Waals surface area contributed by atoms with Crippen molar-refractivity contribution in [2.45, 2.75) is 36.9 Å². The van der Waals surface area contributed by atoms with E-state index in [9.17, 15) is 24.5 Å². The Hall–Kier alpha value is -4.53. The maximum atomic E-state index is 14.1. The second-order valence-corrected chi connectivity index (χ2v) is 11.9. The standard InChI is InChI=1S/C29H24ClN5O7S2/c1-5-42-27(38)24-15(3)32-29-34(25(24)19-13-17(30)6-8-20(19)41-4)26(37)22(44-29)12-16-11-18(35(39)40)7-9-21(16)43-28-31-14(2)10-23(36)33-28/h6-13,25H,5H2,1-4H3,(H,31,33,36)/b22-12-/t25-/m0/s1. The molecule has 1 aliphatic heterocycles. The number of fused-ring (bicyclic) bond motifs is 1. The Morgan fingerprint density at radius 2 is 2.00 bits per heavy atom. The molecule has 15 heteroatoms. The van der Waals surface area contributed by atoms with Crippen molar-refractivity contribution in [1.82, 2.24) is 14.5 Å². The number of methoxy groups -OCH3 is 1. The maximum absolute atomic E-state index is 14.1. The van der Waals surface area contributed by atoms with Gasteiger partial charge in [-0.3, -0.25) is 24.3 Å². The summed E-state index contributed by atoms with van der Waals surface area (Å²) in [4.78, 5) is 62.8. The minimum atomic E-state index is -0.985. The molecule has 0 saturated heterocycles. The summed E-state index contributed by atoms with van der Waals surface area (Å²) in [6.07, 6.45) is 1.52. The van der Waals surface area contributed by atoms with E-state index in [-0.39, 0.29) is 33.1 Å². The number of carbonyl (C=O) groups excluding carboxylic acids is 1. The van der Waals surface area contributed by atoms with Crippen molar-refractivity contribution in [3.63, 3.8) is 0 Å². The number of aromatic nitrogens is 3. The fraction of sp³-hybridized carbons (Fsp3) is 0.207. The number of halogens is 1. The highest BCUT2D eigenvalue weighted by molar-refractivity contribution is 7.99. The molecular formula is C29H24ClN5O7S2. The predicted molar refractivity (Wildman–Crippen MR) is 165 cm³/mol. The van der Waals surface area contributed by atoms with E-state index in [1.807, 2.05) is 0 Å². The third-order valence-corrected chi connectivity index (χ3v) is 8.75. The van der Waals surface area contributed by atoms with Crippen LogP contribution in [0, 0.1) is 17.0 Å². The summed E-state index contributed by atoms with van der Waals surface area (Å²) in [5.41, 5.74) is 0.749. The van der Waals surface area contributed by atoms with E-state index < -0.39 is 22.5 Å². The SMILES string of the molecule is CCOC(=O)C1=C(C)N=c2s/c(=C\c3cc([N+](=O)[O-])ccc3Sc3nc(C)cc(=O)[nH]3)c(=O)n2[C@H]1c1cc(Cl)ccc1OC. The molecule has 0 spiro atoms. The fourth-order valence-electron chi connectivity index (χ4n) is 4.71. The maximum Gasteiger partial charge on any atom is 0.338 e. The van der Waals surface area contributed by atoms with E-state index in [2.05, 4.69) is 15.0 Å². The quantitative estimate of drug-likeness (QED) is 0.129. The number of aryl methyl sites for hydroxylation is 1. The number of hydrogen-bond donors (Lipinski definition) is 1. The number of aromatic amines is 1. The number of ether oxygens (including phenoxy) is 2. The molecule has 0 fully saturated rings. The van der Waals surface area contributed by atoms with E-state index in [0.29, 0.717) is 43.0 Å². The number of allylic oxidation sites excluding steroid dienone is 1. The van der Waals surface area contributed by atoms with Gasteiger partial charge in [0, 0.05) is 39.4 Å². The second-order valence-electron chi connectivity index (χ2n) is 9.46. The zero-order valence-electron chi connectivity index (χ0n) is 23.7. The molecular weight excluding hydrogens is 630 g/mol. The zero-order chi connectivity index (χ0) is 31.7. The van der Waals surface area contributed by atoms with Crippen LogP contribution in [-0.2, 0) is 9.53 Å². The molecule has 3 heterocycles. The molecule has 44 heavy (non-hydrogen) atoms. The first-order valence-electron chi connectivity index (χ1n) is 13.1.